The Balaban J connectivity index is 1.29. The van der Waals surface area contributed by atoms with Crippen LogP contribution in [-0.4, -0.2) is 33.4 Å². The summed E-state index contributed by atoms with van der Waals surface area (Å²) in [6.07, 6.45) is 1.63. The molecule has 1 saturated heterocycles. The minimum Gasteiger partial charge on any atom is -0.326 e. The van der Waals surface area contributed by atoms with Crippen LogP contribution >= 0.6 is 0 Å². The molecule has 0 bridgehead atoms. The van der Waals surface area contributed by atoms with Crippen LogP contribution in [0.3, 0.4) is 0 Å². The van der Waals surface area contributed by atoms with E-state index in [1.807, 2.05) is 50.2 Å². The smallest absolute Gasteiger partial charge is 0.227 e. The van der Waals surface area contributed by atoms with Gasteiger partial charge in [0.15, 0.2) is 0 Å². The Bertz CT molecular complexity index is 1320. The summed E-state index contributed by atoms with van der Waals surface area (Å²) in [5, 5.41) is 3.13. The van der Waals surface area contributed by atoms with E-state index >= 15 is 0 Å². The number of nitrogens with zero attached hydrogens (tertiary/aromatic N) is 3. The van der Waals surface area contributed by atoms with Crippen LogP contribution in [0.15, 0.2) is 66.7 Å². The van der Waals surface area contributed by atoms with E-state index in [0.717, 1.165) is 65.3 Å². The molecule has 1 amide bonds. The van der Waals surface area contributed by atoms with Gasteiger partial charge in [0.2, 0.25) is 5.91 Å². The summed E-state index contributed by atoms with van der Waals surface area (Å²) in [7, 11) is 0. The third-order valence-electron chi connectivity index (χ3n) is 6.69. The topological polar surface area (TPSA) is 50.2 Å². The van der Waals surface area contributed by atoms with E-state index in [0.29, 0.717) is 6.54 Å². The summed E-state index contributed by atoms with van der Waals surface area (Å²) in [6.45, 7) is 6.39. The quantitative estimate of drug-likeness (QED) is 0.423. The second kappa shape index (κ2) is 9.39. The number of halogens is 1. The van der Waals surface area contributed by atoms with Crippen molar-refractivity contribution in [2.24, 2.45) is 5.92 Å². The number of hydrogen-bond acceptors (Lipinski definition) is 3. The van der Waals surface area contributed by atoms with Crippen LogP contribution < -0.4 is 5.32 Å². The van der Waals surface area contributed by atoms with Crippen molar-refractivity contribution in [2.75, 3.05) is 18.4 Å². The third-order valence-corrected chi connectivity index (χ3v) is 6.69. The highest BCUT2D eigenvalue weighted by Gasteiger charge is 2.26. The predicted molar refractivity (Wildman–Crippen MR) is 134 cm³/mol. The number of likely N-dealkylation sites (tertiary alicyclic amines) is 1. The number of anilines is 1. The van der Waals surface area contributed by atoms with Gasteiger partial charge in [-0.1, -0.05) is 24.3 Å². The van der Waals surface area contributed by atoms with Crippen LogP contribution in [0.4, 0.5) is 10.1 Å². The Morgan fingerprint density at radius 1 is 1.03 bits per heavy atom. The molecule has 6 heteroatoms. The average Bonchev–Trinajstić information content (AvgIpc) is 3.20. The maximum atomic E-state index is 13.5. The molecule has 174 valence electrons. The lowest BCUT2D eigenvalue weighted by atomic mass is 9.95. The molecule has 0 aliphatic carbocycles. The van der Waals surface area contributed by atoms with Gasteiger partial charge in [-0.15, -0.1) is 0 Å². The van der Waals surface area contributed by atoms with Gasteiger partial charge in [-0.2, -0.15) is 0 Å². The molecule has 0 saturated carbocycles. The number of nitrogens with one attached hydrogen (secondary N) is 1. The fraction of sp³-hybridized carbons (Fsp3) is 0.286. The number of amides is 1. The number of piperidine rings is 1. The Morgan fingerprint density at radius 2 is 1.76 bits per heavy atom. The summed E-state index contributed by atoms with van der Waals surface area (Å²) in [5.41, 5.74) is 5.95. The molecule has 34 heavy (non-hydrogen) atoms. The fourth-order valence-corrected chi connectivity index (χ4v) is 4.72. The number of fused-ring (bicyclic) bond motifs is 1. The van der Waals surface area contributed by atoms with Crippen molar-refractivity contribution in [1.82, 2.24) is 14.5 Å². The lowest BCUT2D eigenvalue weighted by Crippen LogP contribution is -2.38. The maximum Gasteiger partial charge on any atom is 0.227 e. The highest BCUT2D eigenvalue weighted by molar-refractivity contribution is 5.93. The second-order valence-corrected chi connectivity index (χ2v) is 9.19. The SMILES string of the molecule is Cc1ccc(C)c(NC(=O)C2CCN(Cc3nc4ccccc4n3-c3ccc(F)cc3)CC2)c1. The first-order valence-electron chi connectivity index (χ1n) is 11.8. The van der Waals surface area contributed by atoms with Crippen LogP contribution in [0.1, 0.15) is 29.8 Å². The molecule has 1 aliphatic rings. The molecule has 0 atom stereocenters. The number of imidazole rings is 1. The number of aromatic nitrogens is 2. The van der Waals surface area contributed by atoms with Crippen molar-refractivity contribution in [3.63, 3.8) is 0 Å². The second-order valence-electron chi connectivity index (χ2n) is 9.19. The molecule has 5 nitrogen and oxygen atoms in total. The van der Waals surface area contributed by atoms with Gasteiger partial charge in [0.05, 0.1) is 17.6 Å². The van der Waals surface area contributed by atoms with Gasteiger partial charge in [-0.25, -0.2) is 9.37 Å². The number of aryl methyl sites for hydroxylation is 2. The van der Waals surface area contributed by atoms with E-state index in [1.54, 1.807) is 12.1 Å². The molecular weight excluding hydrogens is 427 g/mol. The zero-order valence-corrected chi connectivity index (χ0v) is 19.6. The summed E-state index contributed by atoms with van der Waals surface area (Å²) in [6, 6.07) is 20.7. The Labute approximate surface area is 199 Å². The van der Waals surface area contributed by atoms with Gasteiger partial charge >= 0.3 is 0 Å². The van der Waals surface area contributed by atoms with E-state index in [-0.39, 0.29) is 17.6 Å². The van der Waals surface area contributed by atoms with Gasteiger partial charge in [0.25, 0.3) is 0 Å². The number of benzene rings is 3. The molecule has 2 heterocycles. The largest absolute Gasteiger partial charge is 0.326 e. The monoisotopic (exact) mass is 456 g/mol. The third kappa shape index (κ3) is 4.59. The predicted octanol–water partition coefficient (Wildman–Crippen LogP) is 5.63. The lowest BCUT2D eigenvalue weighted by molar-refractivity contribution is -0.121. The van der Waals surface area contributed by atoms with E-state index in [1.165, 1.54) is 12.1 Å². The van der Waals surface area contributed by atoms with E-state index < -0.39 is 0 Å². The van der Waals surface area contributed by atoms with Crippen molar-refractivity contribution in [2.45, 2.75) is 33.2 Å². The van der Waals surface area contributed by atoms with Gasteiger partial charge < -0.3 is 5.32 Å². The lowest BCUT2D eigenvalue weighted by Gasteiger charge is -2.31. The molecule has 3 aromatic carbocycles. The Morgan fingerprint density at radius 3 is 2.53 bits per heavy atom. The van der Waals surface area contributed by atoms with Crippen LogP contribution in [0.5, 0.6) is 0 Å². The molecule has 1 N–H and O–H groups in total. The number of carbonyl (C=O) groups excluding carboxylic acids is 1. The maximum absolute atomic E-state index is 13.5. The number of para-hydroxylation sites is 2. The van der Waals surface area contributed by atoms with Crippen molar-refractivity contribution in [3.8, 4) is 5.69 Å². The van der Waals surface area contributed by atoms with Crippen LogP contribution in [0, 0.1) is 25.6 Å². The zero-order valence-electron chi connectivity index (χ0n) is 19.6. The number of rotatable bonds is 5. The van der Waals surface area contributed by atoms with E-state index in [2.05, 4.69) is 20.9 Å². The number of carbonyl (C=O) groups is 1. The van der Waals surface area contributed by atoms with Gasteiger partial charge in [0, 0.05) is 17.3 Å². The van der Waals surface area contributed by atoms with Crippen molar-refractivity contribution in [3.05, 3.63) is 89.5 Å². The van der Waals surface area contributed by atoms with Crippen molar-refractivity contribution >= 4 is 22.6 Å². The first kappa shape index (κ1) is 22.3. The normalized spacial score (nSPS) is 15.0. The average molecular weight is 457 g/mol. The summed E-state index contributed by atoms with van der Waals surface area (Å²) < 4.78 is 15.6. The van der Waals surface area contributed by atoms with Gasteiger partial charge in [-0.3, -0.25) is 14.3 Å². The summed E-state index contributed by atoms with van der Waals surface area (Å²) in [4.78, 5) is 20.1. The molecule has 1 aromatic heterocycles. The zero-order chi connectivity index (χ0) is 23.7. The highest BCUT2D eigenvalue weighted by Crippen LogP contribution is 2.26. The van der Waals surface area contributed by atoms with E-state index in [9.17, 15) is 9.18 Å². The summed E-state index contributed by atoms with van der Waals surface area (Å²) >= 11 is 0. The van der Waals surface area contributed by atoms with Gasteiger partial charge in [0.1, 0.15) is 11.6 Å². The van der Waals surface area contributed by atoms with E-state index in [4.69, 9.17) is 4.98 Å². The molecule has 0 radical (unpaired) electrons. The van der Waals surface area contributed by atoms with Crippen LogP contribution in [0.25, 0.3) is 16.7 Å². The summed E-state index contributed by atoms with van der Waals surface area (Å²) in [5.74, 6) is 0.779. The minimum atomic E-state index is -0.254. The molecular formula is C28H29FN4O. The number of hydrogen-bond donors (Lipinski definition) is 1. The Kier molecular flexibility index (Phi) is 6.16. The van der Waals surface area contributed by atoms with Gasteiger partial charge in [-0.05, 0) is 93.4 Å². The first-order valence-corrected chi connectivity index (χ1v) is 11.8. The fourth-order valence-electron chi connectivity index (χ4n) is 4.72. The standard InChI is InChI=1S/C28H29FN4O/c1-19-7-8-20(2)25(17-19)31-28(34)21-13-15-32(16-14-21)18-27-30-24-5-3-4-6-26(24)33(27)23-11-9-22(29)10-12-23/h3-12,17,21H,13-16,18H2,1-2H3,(H,31,34). The van der Waals surface area contributed by atoms with Crippen molar-refractivity contribution in [1.29, 1.82) is 0 Å². The molecule has 1 fully saturated rings. The minimum absolute atomic E-state index is 0.00655. The molecule has 0 spiro atoms. The van der Waals surface area contributed by atoms with Crippen LogP contribution in [-0.2, 0) is 11.3 Å². The molecule has 4 aromatic rings. The van der Waals surface area contributed by atoms with Crippen molar-refractivity contribution < 1.29 is 9.18 Å². The Hall–Kier alpha value is -3.51. The molecule has 1 aliphatic heterocycles. The first-order chi connectivity index (χ1) is 16.5. The van der Waals surface area contributed by atoms with Crippen LogP contribution in [0.2, 0.25) is 0 Å². The molecule has 5 rings (SSSR count). The highest BCUT2D eigenvalue weighted by atomic mass is 19.1. The molecule has 0 unspecified atom stereocenters.